The predicted octanol–water partition coefficient (Wildman–Crippen LogP) is 2.88. The maximum atomic E-state index is 8.81. The molecule has 0 radical (unpaired) electrons. The predicted molar refractivity (Wildman–Crippen MR) is 59.2 cm³/mol. The van der Waals surface area contributed by atoms with Crippen LogP contribution in [0.3, 0.4) is 0 Å². The van der Waals surface area contributed by atoms with Gasteiger partial charge in [0, 0.05) is 17.3 Å². The Morgan fingerprint density at radius 3 is 2.21 bits per heavy atom. The number of rotatable bonds is 3. The van der Waals surface area contributed by atoms with E-state index in [0.29, 0.717) is 11.3 Å². The van der Waals surface area contributed by atoms with Crippen molar-refractivity contribution in [3.05, 3.63) is 48.3 Å². The van der Waals surface area contributed by atoms with E-state index < -0.39 is 0 Å². The molecule has 14 heavy (non-hydrogen) atoms. The maximum Gasteiger partial charge on any atom is 0.148 e. The summed E-state index contributed by atoms with van der Waals surface area (Å²) in [6, 6.07) is 2.01. The third-order valence-corrected chi connectivity index (χ3v) is 1.92. The largest absolute Gasteiger partial charge is 0.244 e. The number of aromatic nitrogens is 1. The molecule has 0 aliphatic heterocycles. The molecule has 2 nitrogen and oxygen atoms in total. The van der Waals surface area contributed by atoms with Gasteiger partial charge in [-0.3, -0.25) is 0 Å². The van der Waals surface area contributed by atoms with Crippen molar-refractivity contribution in [1.29, 1.82) is 5.26 Å². The summed E-state index contributed by atoms with van der Waals surface area (Å²) in [5, 5.41) is 8.81. The van der Waals surface area contributed by atoms with Gasteiger partial charge < -0.3 is 0 Å². The van der Waals surface area contributed by atoms with E-state index in [1.165, 1.54) is 0 Å². The fourth-order valence-corrected chi connectivity index (χ4v) is 1.24. The summed E-state index contributed by atoms with van der Waals surface area (Å²) >= 11 is 0. The molecule has 1 aromatic heterocycles. The zero-order chi connectivity index (χ0) is 10.6. The van der Waals surface area contributed by atoms with Gasteiger partial charge in [-0.25, -0.2) is 4.98 Å². The molecular formula is C12H10N2. The molecular weight excluding hydrogens is 172 g/mol. The van der Waals surface area contributed by atoms with Gasteiger partial charge in [-0.2, -0.15) is 5.26 Å². The highest BCUT2D eigenvalue weighted by Crippen LogP contribution is 2.20. The summed E-state index contributed by atoms with van der Waals surface area (Å²) in [5.74, 6) is 0. The third kappa shape index (κ3) is 1.48. The molecule has 0 aromatic carbocycles. The fourth-order valence-electron chi connectivity index (χ4n) is 1.24. The Morgan fingerprint density at radius 1 is 1.14 bits per heavy atom. The first-order valence-corrected chi connectivity index (χ1v) is 4.08. The smallest absolute Gasteiger partial charge is 0.148 e. The van der Waals surface area contributed by atoms with E-state index in [1.807, 2.05) is 6.07 Å². The summed E-state index contributed by atoms with van der Waals surface area (Å²) in [6.07, 6.45) is 6.57. The van der Waals surface area contributed by atoms with E-state index in [-0.39, 0.29) is 0 Å². The standard InChI is InChI=1S/C12H10N2/c1-4-9-8-14-12(7-13)11(6-3)10(9)5-2/h4-6,8H,1-3H2. The average molecular weight is 182 g/mol. The third-order valence-electron chi connectivity index (χ3n) is 1.92. The van der Waals surface area contributed by atoms with Gasteiger partial charge in [-0.05, 0) is 5.56 Å². The second-order valence-corrected chi connectivity index (χ2v) is 2.61. The Bertz CT molecular complexity index is 436. The summed E-state index contributed by atoms with van der Waals surface area (Å²) in [6.45, 7) is 11.0. The van der Waals surface area contributed by atoms with Crippen LogP contribution < -0.4 is 0 Å². The number of hydrogen-bond donors (Lipinski definition) is 0. The van der Waals surface area contributed by atoms with Gasteiger partial charge in [-0.1, -0.05) is 38.0 Å². The van der Waals surface area contributed by atoms with Crippen LogP contribution in [0.25, 0.3) is 18.2 Å². The molecule has 0 unspecified atom stereocenters. The van der Waals surface area contributed by atoms with Gasteiger partial charge in [0.05, 0.1) is 0 Å². The quantitative estimate of drug-likeness (QED) is 0.720. The zero-order valence-corrected chi connectivity index (χ0v) is 7.83. The second kappa shape index (κ2) is 4.20. The first-order valence-electron chi connectivity index (χ1n) is 4.08. The highest BCUT2D eigenvalue weighted by Gasteiger charge is 2.07. The first-order chi connectivity index (χ1) is 6.78. The molecule has 0 N–H and O–H groups in total. The molecule has 1 rings (SSSR count). The number of pyridine rings is 1. The van der Waals surface area contributed by atoms with Crippen LogP contribution in [0, 0.1) is 11.3 Å². The van der Waals surface area contributed by atoms with E-state index in [0.717, 1.165) is 11.1 Å². The van der Waals surface area contributed by atoms with Crippen LogP contribution in [0.1, 0.15) is 22.4 Å². The van der Waals surface area contributed by atoms with Crippen LogP contribution in [0.2, 0.25) is 0 Å². The van der Waals surface area contributed by atoms with Crippen LogP contribution in [0.15, 0.2) is 25.9 Å². The Morgan fingerprint density at radius 2 is 1.79 bits per heavy atom. The maximum absolute atomic E-state index is 8.81. The minimum Gasteiger partial charge on any atom is -0.244 e. The van der Waals surface area contributed by atoms with Crippen LogP contribution in [-0.4, -0.2) is 4.98 Å². The molecule has 0 atom stereocenters. The van der Waals surface area contributed by atoms with Gasteiger partial charge >= 0.3 is 0 Å². The van der Waals surface area contributed by atoms with E-state index in [2.05, 4.69) is 24.7 Å². The average Bonchev–Trinajstić information content (AvgIpc) is 2.26. The minimum absolute atomic E-state index is 0.362. The Labute approximate surface area is 83.5 Å². The molecule has 0 saturated heterocycles. The van der Waals surface area contributed by atoms with Crippen molar-refractivity contribution < 1.29 is 0 Å². The van der Waals surface area contributed by atoms with Crippen molar-refractivity contribution >= 4 is 18.2 Å². The highest BCUT2D eigenvalue weighted by atomic mass is 14.7. The van der Waals surface area contributed by atoms with Gasteiger partial charge in [-0.15, -0.1) is 0 Å². The second-order valence-electron chi connectivity index (χ2n) is 2.61. The van der Waals surface area contributed by atoms with Gasteiger partial charge in [0.2, 0.25) is 0 Å². The summed E-state index contributed by atoms with van der Waals surface area (Å²) in [7, 11) is 0. The molecule has 0 bridgehead atoms. The molecule has 1 heterocycles. The SMILES string of the molecule is C=Cc1cnc(C#N)c(C=C)c1C=C. The minimum atomic E-state index is 0.362. The zero-order valence-electron chi connectivity index (χ0n) is 7.83. The molecule has 0 aliphatic carbocycles. The monoisotopic (exact) mass is 182 g/mol. The van der Waals surface area contributed by atoms with Crippen LogP contribution >= 0.6 is 0 Å². The first kappa shape index (κ1) is 9.94. The van der Waals surface area contributed by atoms with E-state index in [4.69, 9.17) is 5.26 Å². The number of nitriles is 1. The highest BCUT2D eigenvalue weighted by molar-refractivity contribution is 5.74. The van der Waals surface area contributed by atoms with Gasteiger partial charge in [0.25, 0.3) is 0 Å². The molecule has 0 aliphatic rings. The topological polar surface area (TPSA) is 36.7 Å². The fraction of sp³-hybridized carbons (Fsp3) is 0. The summed E-state index contributed by atoms with van der Waals surface area (Å²) < 4.78 is 0. The van der Waals surface area contributed by atoms with Crippen molar-refractivity contribution in [2.75, 3.05) is 0 Å². The molecule has 2 heteroatoms. The van der Waals surface area contributed by atoms with Crippen molar-refractivity contribution in [3.63, 3.8) is 0 Å². The van der Waals surface area contributed by atoms with E-state index in [9.17, 15) is 0 Å². The molecule has 1 aromatic rings. The molecule has 68 valence electrons. The van der Waals surface area contributed by atoms with Crippen LogP contribution in [0.5, 0.6) is 0 Å². The molecule has 0 spiro atoms. The van der Waals surface area contributed by atoms with E-state index in [1.54, 1.807) is 24.4 Å². The van der Waals surface area contributed by atoms with Crippen molar-refractivity contribution in [2.24, 2.45) is 0 Å². The van der Waals surface area contributed by atoms with Crippen LogP contribution in [0.4, 0.5) is 0 Å². The van der Waals surface area contributed by atoms with Gasteiger partial charge in [0.15, 0.2) is 0 Å². The lowest BCUT2D eigenvalue weighted by atomic mass is 10.0. The van der Waals surface area contributed by atoms with Gasteiger partial charge in [0.1, 0.15) is 11.8 Å². The molecule has 0 amide bonds. The molecule has 0 fully saturated rings. The van der Waals surface area contributed by atoms with Crippen molar-refractivity contribution in [1.82, 2.24) is 4.98 Å². The van der Waals surface area contributed by atoms with Crippen molar-refractivity contribution in [2.45, 2.75) is 0 Å². The summed E-state index contributed by atoms with van der Waals surface area (Å²) in [5.41, 5.74) is 2.77. The van der Waals surface area contributed by atoms with Crippen LogP contribution in [-0.2, 0) is 0 Å². The number of hydrogen-bond acceptors (Lipinski definition) is 2. The normalized spacial score (nSPS) is 8.79. The lowest BCUT2D eigenvalue weighted by Crippen LogP contribution is -1.94. The van der Waals surface area contributed by atoms with E-state index >= 15 is 0 Å². The summed E-state index contributed by atoms with van der Waals surface area (Å²) in [4.78, 5) is 4.00. The Kier molecular flexibility index (Phi) is 2.98. The Balaban J connectivity index is 3.61. The Hall–Kier alpha value is -2.14. The van der Waals surface area contributed by atoms with Crippen molar-refractivity contribution in [3.8, 4) is 6.07 Å². The lowest BCUT2D eigenvalue weighted by Gasteiger charge is -2.05. The lowest BCUT2D eigenvalue weighted by molar-refractivity contribution is 1.24. The number of nitrogens with zero attached hydrogens (tertiary/aromatic N) is 2. The molecule has 0 saturated carbocycles.